The van der Waals surface area contributed by atoms with Crippen molar-refractivity contribution in [2.75, 3.05) is 0 Å². The Morgan fingerprint density at radius 2 is 1.83 bits per heavy atom. The molecule has 0 N–H and O–H groups in total. The molecule has 1 saturated heterocycles. The van der Waals surface area contributed by atoms with Crippen LogP contribution in [0.4, 0.5) is 0 Å². The summed E-state index contributed by atoms with van der Waals surface area (Å²) in [6, 6.07) is 0. The van der Waals surface area contributed by atoms with Gasteiger partial charge in [0, 0.05) is 0 Å². The van der Waals surface area contributed by atoms with E-state index in [1.807, 2.05) is 6.92 Å². The third kappa shape index (κ3) is 3.07. The molecular weight excluding hydrogens is 224 g/mol. The van der Waals surface area contributed by atoms with Gasteiger partial charge in [-0.2, -0.15) is 0 Å². The van der Waals surface area contributed by atoms with E-state index in [9.17, 15) is 4.79 Å². The predicted octanol–water partition coefficient (Wildman–Crippen LogP) is 4.18. The quantitative estimate of drug-likeness (QED) is 0.704. The van der Waals surface area contributed by atoms with Crippen LogP contribution < -0.4 is 0 Å². The predicted molar refractivity (Wildman–Crippen MR) is 73.2 cm³/mol. The fourth-order valence-electron chi connectivity index (χ4n) is 3.65. The summed E-state index contributed by atoms with van der Waals surface area (Å²) in [4.78, 5) is 11.7. The van der Waals surface area contributed by atoms with Crippen molar-refractivity contribution in [3.63, 3.8) is 0 Å². The number of ether oxygens (including phenoxy) is 1. The normalized spacial score (nSPS) is 39.2. The minimum atomic E-state index is 0.0281. The molecule has 0 spiro atoms. The Balaban J connectivity index is 1.84. The van der Waals surface area contributed by atoms with Crippen LogP contribution in [0.5, 0.6) is 0 Å². The van der Waals surface area contributed by atoms with Gasteiger partial charge in [0.2, 0.25) is 0 Å². The van der Waals surface area contributed by atoms with Crippen LogP contribution in [-0.4, -0.2) is 12.1 Å². The zero-order valence-corrected chi connectivity index (χ0v) is 12.2. The van der Waals surface area contributed by atoms with Gasteiger partial charge in [0.1, 0.15) is 6.10 Å². The third-order valence-electron chi connectivity index (χ3n) is 5.35. The maximum absolute atomic E-state index is 11.7. The Morgan fingerprint density at radius 1 is 1.17 bits per heavy atom. The SMILES string of the molecule is CCC1CCC(C(C)C2CCC(C)C(=O)O2)CC1. The molecule has 0 radical (unpaired) electrons. The van der Waals surface area contributed by atoms with Gasteiger partial charge in [-0.05, 0) is 43.4 Å². The van der Waals surface area contributed by atoms with Gasteiger partial charge in [0.25, 0.3) is 0 Å². The first-order chi connectivity index (χ1) is 8.61. The largest absolute Gasteiger partial charge is 0.462 e. The number of hydrogen-bond acceptors (Lipinski definition) is 2. The first-order valence-electron chi connectivity index (χ1n) is 7.82. The number of hydrogen-bond donors (Lipinski definition) is 0. The van der Waals surface area contributed by atoms with E-state index in [4.69, 9.17) is 4.74 Å². The Kier molecular flexibility index (Phi) is 4.69. The summed E-state index contributed by atoms with van der Waals surface area (Å²) in [7, 11) is 0. The second-order valence-corrected chi connectivity index (χ2v) is 6.50. The molecule has 0 aromatic rings. The molecule has 0 aromatic heterocycles. The van der Waals surface area contributed by atoms with E-state index in [-0.39, 0.29) is 18.0 Å². The summed E-state index contributed by atoms with van der Waals surface area (Å²) in [6.07, 6.45) is 9.03. The molecule has 3 atom stereocenters. The van der Waals surface area contributed by atoms with E-state index in [0.717, 1.165) is 24.7 Å². The van der Waals surface area contributed by atoms with Crippen LogP contribution in [0.15, 0.2) is 0 Å². The van der Waals surface area contributed by atoms with Crippen LogP contribution in [0.25, 0.3) is 0 Å². The lowest BCUT2D eigenvalue weighted by Crippen LogP contribution is -2.37. The second-order valence-electron chi connectivity index (χ2n) is 6.50. The molecule has 1 aliphatic carbocycles. The number of esters is 1. The molecule has 2 rings (SSSR count). The molecule has 2 nitrogen and oxygen atoms in total. The summed E-state index contributed by atoms with van der Waals surface area (Å²) in [5, 5.41) is 0. The molecule has 18 heavy (non-hydrogen) atoms. The molecule has 0 aromatic carbocycles. The van der Waals surface area contributed by atoms with Crippen molar-refractivity contribution < 1.29 is 9.53 Å². The molecule has 2 fully saturated rings. The van der Waals surface area contributed by atoms with E-state index in [1.165, 1.54) is 32.1 Å². The molecule has 1 saturated carbocycles. The number of cyclic esters (lactones) is 1. The summed E-state index contributed by atoms with van der Waals surface area (Å²) in [6.45, 7) is 6.58. The maximum Gasteiger partial charge on any atom is 0.308 e. The molecular formula is C16H28O2. The van der Waals surface area contributed by atoms with Gasteiger partial charge in [-0.15, -0.1) is 0 Å². The van der Waals surface area contributed by atoms with Crippen molar-refractivity contribution in [3.8, 4) is 0 Å². The summed E-state index contributed by atoms with van der Waals surface area (Å²) in [5.74, 6) is 2.42. The van der Waals surface area contributed by atoms with Gasteiger partial charge < -0.3 is 4.74 Å². The lowest BCUT2D eigenvalue weighted by Gasteiger charge is -2.38. The van der Waals surface area contributed by atoms with Crippen LogP contribution >= 0.6 is 0 Å². The number of carbonyl (C=O) groups excluding carboxylic acids is 1. The Morgan fingerprint density at radius 3 is 2.39 bits per heavy atom. The lowest BCUT2D eigenvalue weighted by atomic mass is 9.73. The first kappa shape index (κ1) is 13.9. The van der Waals surface area contributed by atoms with E-state index >= 15 is 0 Å². The topological polar surface area (TPSA) is 26.3 Å². The standard InChI is InChI=1S/C16H28O2/c1-4-13-6-8-14(9-7-13)12(3)15-10-5-11(2)16(17)18-15/h11-15H,4-10H2,1-3H3. The highest BCUT2D eigenvalue weighted by Gasteiger charge is 2.35. The van der Waals surface area contributed by atoms with Gasteiger partial charge in [-0.25, -0.2) is 0 Å². The monoisotopic (exact) mass is 252 g/mol. The molecule has 0 bridgehead atoms. The summed E-state index contributed by atoms with van der Waals surface area (Å²) < 4.78 is 5.63. The number of carbonyl (C=O) groups is 1. The van der Waals surface area contributed by atoms with Crippen molar-refractivity contribution in [3.05, 3.63) is 0 Å². The molecule has 1 aliphatic heterocycles. The highest BCUT2D eigenvalue weighted by molar-refractivity contribution is 5.72. The van der Waals surface area contributed by atoms with Crippen LogP contribution in [0, 0.1) is 23.7 Å². The van der Waals surface area contributed by atoms with Crippen LogP contribution in [0.3, 0.4) is 0 Å². The molecule has 0 amide bonds. The Labute approximate surface area is 111 Å². The molecule has 2 aliphatic rings. The zero-order chi connectivity index (χ0) is 13.1. The average Bonchev–Trinajstić information content (AvgIpc) is 2.41. The van der Waals surface area contributed by atoms with Gasteiger partial charge in [-0.3, -0.25) is 4.79 Å². The molecule has 104 valence electrons. The summed E-state index contributed by atoms with van der Waals surface area (Å²) >= 11 is 0. The fraction of sp³-hybridized carbons (Fsp3) is 0.938. The van der Waals surface area contributed by atoms with Gasteiger partial charge in [0.05, 0.1) is 5.92 Å². The minimum Gasteiger partial charge on any atom is -0.462 e. The fourth-order valence-corrected chi connectivity index (χ4v) is 3.65. The van der Waals surface area contributed by atoms with E-state index in [0.29, 0.717) is 5.92 Å². The third-order valence-corrected chi connectivity index (χ3v) is 5.35. The Hall–Kier alpha value is -0.530. The number of rotatable bonds is 3. The Bertz CT molecular complexity index is 279. The second kappa shape index (κ2) is 6.08. The van der Waals surface area contributed by atoms with Gasteiger partial charge in [0.15, 0.2) is 0 Å². The van der Waals surface area contributed by atoms with Crippen molar-refractivity contribution in [1.29, 1.82) is 0 Å². The molecule has 1 heterocycles. The van der Waals surface area contributed by atoms with Crippen molar-refractivity contribution in [2.24, 2.45) is 23.7 Å². The zero-order valence-electron chi connectivity index (χ0n) is 12.2. The van der Waals surface area contributed by atoms with Crippen LogP contribution in [-0.2, 0) is 9.53 Å². The van der Waals surface area contributed by atoms with Crippen LogP contribution in [0.1, 0.15) is 65.7 Å². The van der Waals surface area contributed by atoms with E-state index in [1.54, 1.807) is 0 Å². The maximum atomic E-state index is 11.7. The van der Waals surface area contributed by atoms with E-state index in [2.05, 4.69) is 13.8 Å². The average molecular weight is 252 g/mol. The van der Waals surface area contributed by atoms with Crippen molar-refractivity contribution >= 4 is 5.97 Å². The van der Waals surface area contributed by atoms with Crippen molar-refractivity contribution in [2.45, 2.75) is 71.8 Å². The highest BCUT2D eigenvalue weighted by Crippen LogP contribution is 2.38. The lowest BCUT2D eigenvalue weighted by molar-refractivity contribution is -0.164. The minimum absolute atomic E-state index is 0.0281. The van der Waals surface area contributed by atoms with E-state index < -0.39 is 0 Å². The molecule has 3 unspecified atom stereocenters. The van der Waals surface area contributed by atoms with Crippen LogP contribution in [0.2, 0.25) is 0 Å². The summed E-state index contributed by atoms with van der Waals surface area (Å²) in [5.41, 5.74) is 0. The van der Waals surface area contributed by atoms with Gasteiger partial charge in [-0.1, -0.05) is 40.0 Å². The first-order valence-corrected chi connectivity index (χ1v) is 7.82. The van der Waals surface area contributed by atoms with Crippen molar-refractivity contribution in [1.82, 2.24) is 0 Å². The van der Waals surface area contributed by atoms with Gasteiger partial charge >= 0.3 is 5.97 Å². The smallest absolute Gasteiger partial charge is 0.308 e. The molecule has 2 heteroatoms. The highest BCUT2D eigenvalue weighted by atomic mass is 16.5.